The average molecular weight is 375 g/mol. The molecule has 0 unspecified atom stereocenters. The van der Waals surface area contributed by atoms with E-state index < -0.39 is 10.8 Å². The molecule has 2 N–H and O–H groups in total. The minimum absolute atomic E-state index is 0.0670. The highest BCUT2D eigenvalue weighted by Crippen LogP contribution is 2.29. The van der Waals surface area contributed by atoms with Crippen molar-refractivity contribution in [3.05, 3.63) is 63.7 Å². The van der Waals surface area contributed by atoms with E-state index in [9.17, 15) is 14.9 Å². The van der Waals surface area contributed by atoms with Gasteiger partial charge in [0.25, 0.3) is 11.6 Å². The first-order chi connectivity index (χ1) is 12.5. The van der Waals surface area contributed by atoms with Crippen LogP contribution < -0.4 is 10.2 Å². The molecule has 0 radical (unpaired) electrons. The predicted octanol–water partition coefficient (Wildman–Crippen LogP) is 2.45. The highest BCUT2D eigenvalue weighted by molar-refractivity contribution is 7.99. The van der Waals surface area contributed by atoms with Gasteiger partial charge in [0.2, 0.25) is 0 Å². The van der Waals surface area contributed by atoms with Crippen LogP contribution in [0.25, 0.3) is 0 Å². The molecule has 0 spiro atoms. The van der Waals surface area contributed by atoms with E-state index in [-0.39, 0.29) is 12.3 Å². The molecule has 0 saturated carbocycles. The monoisotopic (exact) mass is 375 g/mol. The number of aliphatic hydroxyl groups is 1. The van der Waals surface area contributed by atoms with Gasteiger partial charge < -0.3 is 9.84 Å². The number of hydrogen-bond acceptors (Lipinski definition) is 7. The van der Waals surface area contributed by atoms with Gasteiger partial charge in [-0.25, -0.2) is 5.43 Å². The molecule has 0 heterocycles. The Morgan fingerprint density at radius 2 is 2.08 bits per heavy atom. The Morgan fingerprint density at radius 1 is 1.35 bits per heavy atom. The summed E-state index contributed by atoms with van der Waals surface area (Å²) in [7, 11) is 1.53. The van der Waals surface area contributed by atoms with Gasteiger partial charge in [-0.05, 0) is 30.3 Å². The van der Waals surface area contributed by atoms with Crippen LogP contribution >= 0.6 is 11.8 Å². The van der Waals surface area contributed by atoms with Gasteiger partial charge in [-0.1, -0.05) is 6.07 Å². The van der Waals surface area contributed by atoms with Crippen molar-refractivity contribution in [3.8, 4) is 5.75 Å². The highest BCUT2D eigenvalue weighted by Gasteiger charge is 2.14. The van der Waals surface area contributed by atoms with E-state index >= 15 is 0 Å². The third kappa shape index (κ3) is 5.30. The van der Waals surface area contributed by atoms with Crippen molar-refractivity contribution in [2.45, 2.75) is 4.90 Å². The lowest BCUT2D eigenvalue weighted by molar-refractivity contribution is -0.387. The van der Waals surface area contributed by atoms with E-state index in [0.29, 0.717) is 27.5 Å². The summed E-state index contributed by atoms with van der Waals surface area (Å²) in [6.45, 7) is -0.0670. The fourth-order valence-corrected chi connectivity index (χ4v) is 2.76. The number of thioether (sulfide) groups is 1. The van der Waals surface area contributed by atoms with Crippen molar-refractivity contribution in [1.29, 1.82) is 0 Å². The van der Waals surface area contributed by atoms with Crippen LogP contribution in [0.15, 0.2) is 52.5 Å². The summed E-state index contributed by atoms with van der Waals surface area (Å²) in [5.74, 6) is 0.594. The first kappa shape index (κ1) is 19.4. The summed E-state index contributed by atoms with van der Waals surface area (Å²) in [5, 5.41) is 23.8. The first-order valence-corrected chi connectivity index (χ1v) is 8.53. The van der Waals surface area contributed by atoms with Gasteiger partial charge in [-0.3, -0.25) is 14.9 Å². The second-order valence-electron chi connectivity index (χ2n) is 4.98. The number of carbonyl (C=O) groups excluding carboxylic acids is 1. The maximum Gasteiger partial charge on any atom is 0.283 e. The number of rotatable bonds is 8. The predicted molar refractivity (Wildman–Crippen MR) is 99.0 cm³/mol. The minimum atomic E-state index is -0.493. The fourth-order valence-electron chi connectivity index (χ4n) is 2.01. The molecule has 9 heteroatoms. The molecule has 0 bridgehead atoms. The second-order valence-corrected chi connectivity index (χ2v) is 6.12. The number of methoxy groups -OCH3 is 1. The van der Waals surface area contributed by atoms with Gasteiger partial charge in [-0.15, -0.1) is 11.8 Å². The van der Waals surface area contributed by atoms with Gasteiger partial charge >= 0.3 is 0 Å². The van der Waals surface area contributed by atoms with E-state index in [1.807, 2.05) is 0 Å². The number of nitrogens with zero attached hydrogens (tertiary/aromatic N) is 2. The average Bonchev–Trinajstić information content (AvgIpc) is 2.66. The smallest absolute Gasteiger partial charge is 0.283 e. The molecule has 2 aromatic carbocycles. The lowest BCUT2D eigenvalue weighted by Gasteiger charge is -2.03. The fraction of sp³-hybridized carbons (Fsp3) is 0.176. The molecule has 0 atom stereocenters. The van der Waals surface area contributed by atoms with E-state index in [1.165, 1.54) is 31.2 Å². The number of benzene rings is 2. The Bertz CT molecular complexity index is 809. The van der Waals surface area contributed by atoms with Crippen molar-refractivity contribution in [2.24, 2.45) is 5.10 Å². The van der Waals surface area contributed by atoms with Crippen LogP contribution in [0.5, 0.6) is 5.75 Å². The topological polar surface area (TPSA) is 114 Å². The zero-order valence-corrected chi connectivity index (χ0v) is 14.7. The number of nitro benzene ring substituents is 1. The van der Waals surface area contributed by atoms with Crippen LogP contribution in [0.2, 0.25) is 0 Å². The third-order valence-corrected chi connectivity index (χ3v) is 4.30. The Hall–Kier alpha value is -2.91. The van der Waals surface area contributed by atoms with Crippen molar-refractivity contribution in [3.63, 3.8) is 0 Å². The molecular formula is C17H17N3O5S. The van der Waals surface area contributed by atoms with Gasteiger partial charge in [0, 0.05) is 22.9 Å². The number of hydrogen-bond donors (Lipinski definition) is 2. The largest absolute Gasteiger partial charge is 0.497 e. The van der Waals surface area contributed by atoms with E-state index in [0.717, 1.165) is 0 Å². The molecule has 8 nitrogen and oxygen atoms in total. The molecule has 2 rings (SSSR count). The van der Waals surface area contributed by atoms with Crippen molar-refractivity contribution < 1.29 is 19.6 Å². The summed E-state index contributed by atoms with van der Waals surface area (Å²) < 4.78 is 5.02. The van der Waals surface area contributed by atoms with Crippen molar-refractivity contribution in [2.75, 3.05) is 19.5 Å². The van der Waals surface area contributed by atoms with Crippen LogP contribution in [0, 0.1) is 10.1 Å². The molecule has 1 amide bonds. The number of carbonyl (C=O) groups is 1. The lowest BCUT2D eigenvalue weighted by atomic mass is 10.2. The van der Waals surface area contributed by atoms with Crippen LogP contribution in [0.4, 0.5) is 5.69 Å². The molecule has 26 heavy (non-hydrogen) atoms. The number of amides is 1. The number of nitrogens with one attached hydrogen (secondary N) is 1. The first-order valence-electron chi connectivity index (χ1n) is 7.54. The summed E-state index contributed by atoms with van der Waals surface area (Å²) in [5.41, 5.74) is 3.17. The summed E-state index contributed by atoms with van der Waals surface area (Å²) in [6.07, 6.45) is 1.33. The van der Waals surface area contributed by atoms with Gasteiger partial charge in [0.1, 0.15) is 5.75 Å². The van der Waals surface area contributed by atoms with Gasteiger partial charge in [-0.2, -0.15) is 5.10 Å². The van der Waals surface area contributed by atoms with Crippen LogP contribution in [-0.2, 0) is 0 Å². The molecule has 2 aromatic rings. The Kier molecular flexibility index (Phi) is 7.12. The number of ether oxygens (including phenoxy) is 1. The maximum absolute atomic E-state index is 12.0. The Balaban J connectivity index is 2.05. The highest BCUT2D eigenvalue weighted by atomic mass is 32.2. The molecule has 0 aliphatic heterocycles. The van der Waals surface area contributed by atoms with Crippen molar-refractivity contribution in [1.82, 2.24) is 5.43 Å². The minimum Gasteiger partial charge on any atom is -0.497 e. The summed E-state index contributed by atoms with van der Waals surface area (Å²) in [4.78, 5) is 23.1. The maximum atomic E-state index is 12.0. The lowest BCUT2D eigenvalue weighted by Crippen LogP contribution is -2.17. The molecule has 0 fully saturated rings. The standard InChI is InChI=1S/C17H17N3O5S/c1-25-14-5-3-13(4-6-14)17(22)19-18-11-12-2-7-16(26-9-8-21)15(10-12)20(23)24/h2-7,10-11,21H,8-9H2,1H3,(H,19,22)/b18-11+. The molecule has 0 aliphatic carbocycles. The third-order valence-electron chi connectivity index (χ3n) is 3.26. The van der Waals surface area contributed by atoms with Crippen molar-refractivity contribution >= 4 is 29.6 Å². The number of aliphatic hydroxyl groups excluding tert-OH is 1. The van der Waals surface area contributed by atoms with Crippen LogP contribution in [0.1, 0.15) is 15.9 Å². The second kappa shape index (κ2) is 9.54. The summed E-state index contributed by atoms with van der Waals surface area (Å²) in [6, 6.07) is 11.1. The molecular weight excluding hydrogens is 358 g/mol. The Labute approximate surface area is 154 Å². The number of hydrazone groups is 1. The Morgan fingerprint density at radius 3 is 2.69 bits per heavy atom. The van der Waals surface area contributed by atoms with Crippen LogP contribution in [-0.4, -0.2) is 41.6 Å². The van der Waals surface area contributed by atoms with Gasteiger partial charge in [0.15, 0.2) is 0 Å². The molecule has 0 aliphatic rings. The number of nitro groups is 1. The van der Waals surface area contributed by atoms with Crippen LogP contribution in [0.3, 0.4) is 0 Å². The van der Waals surface area contributed by atoms with E-state index in [1.54, 1.807) is 36.4 Å². The molecule has 0 aromatic heterocycles. The molecule has 136 valence electrons. The zero-order chi connectivity index (χ0) is 18.9. The van der Waals surface area contributed by atoms with E-state index in [2.05, 4.69) is 10.5 Å². The normalized spacial score (nSPS) is 10.7. The SMILES string of the molecule is COc1ccc(C(=O)N/N=C/c2ccc(SCCO)c([N+](=O)[O-])c2)cc1. The summed E-state index contributed by atoms with van der Waals surface area (Å²) >= 11 is 1.20. The van der Waals surface area contributed by atoms with E-state index in [4.69, 9.17) is 9.84 Å². The molecule has 0 saturated heterocycles. The van der Waals surface area contributed by atoms with Gasteiger partial charge in [0.05, 0.1) is 29.8 Å². The quantitative estimate of drug-likeness (QED) is 0.317. The zero-order valence-electron chi connectivity index (χ0n) is 13.9.